The molecule has 662 valence electrons. The van der Waals surface area contributed by atoms with E-state index in [1.165, 1.54) is 56.7 Å². The van der Waals surface area contributed by atoms with Crippen molar-refractivity contribution in [2.45, 2.75) is 254 Å². The van der Waals surface area contributed by atoms with Gasteiger partial charge < -0.3 is 127 Å². The molecular formula is C84H110Cl2N7O27P. The van der Waals surface area contributed by atoms with E-state index < -0.39 is 275 Å². The molecule has 5 amide bonds. The van der Waals surface area contributed by atoms with Gasteiger partial charge in [0.15, 0.2) is 41.5 Å². The number of fused-ring (bicyclic) bond motifs is 15. The van der Waals surface area contributed by atoms with Gasteiger partial charge in [-0.2, -0.15) is 0 Å². The van der Waals surface area contributed by atoms with Crippen LogP contribution in [0.5, 0.6) is 46.0 Å². The number of rotatable bonds is 30. The van der Waals surface area contributed by atoms with Crippen molar-refractivity contribution in [1.82, 2.24) is 31.9 Å². The number of aromatic hydroxyl groups is 3. The summed E-state index contributed by atoms with van der Waals surface area (Å²) in [6, 6.07) is 4.17. The Balaban J connectivity index is 1.17. The van der Waals surface area contributed by atoms with E-state index in [0.717, 1.165) is 86.7 Å². The van der Waals surface area contributed by atoms with Crippen LogP contribution in [-0.4, -0.2) is 194 Å². The van der Waals surface area contributed by atoms with Crippen molar-refractivity contribution in [2.24, 2.45) is 23.5 Å². The summed E-state index contributed by atoms with van der Waals surface area (Å²) < 4.78 is 51.6. The molecule has 5 aromatic carbocycles. The molecule has 20 N–H and O–H groups in total. The lowest BCUT2D eigenvalue weighted by Gasteiger charge is -2.48. The molecule has 0 aliphatic carbocycles. The number of nitrogens with one attached hydrogen (secondary N) is 6. The topological polar surface area (TPSA) is 550 Å². The van der Waals surface area contributed by atoms with E-state index in [-0.39, 0.29) is 46.2 Å². The molecule has 1 unspecified atom stereocenters. The van der Waals surface area contributed by atoms with Gasteiger partial charge in [0.05, 0.1) is 52.5 Å². The van der Waals surface area contributed by atoms with Crippen LogP contribution in [0.4, 0.5) is 0 Å². The number of phenolic OH excluding ortho intramolecular Hbond substituents is 3. The van der Waals surface area contributed by atoms with E-state index in [0.29, 0.717) is 13.0 Å². The SMILES string of the molecule is CCCCCCCCCCCCCN[C@@]1(C)C[C@H](O[C@H]2[C@H](Oc3c4cc5cc3Oc3ccc(cc3Cl)[C@@H](O)[C@@H](NC(=O)[C@H](CC)CC(C)C)C(=O)C[C@@H](CC(N)=O)C(=O)N[C@H]5C(=O)CC3C(=O)N[C@H](C(=O)N[C@H](C(=O)O)c5cc(O)c(CNCP(=O)(O)O)c(O)c5-c5cc3ccc5O)[C@H](O)c3ccc(c(Cl)c3)O4)O[C@H](CO)[C@@H](O)[C@@H]2O)O[C@@H](C)[C@H]1O. The third-order valence-corrected chi connectivity index (χ3v) is 24.0. The van der Waals surface area contributed by atoms with Crippen LogP contribution < -0.4 is 51.8 Å². The summed E-state index contributed by atoms with van der Waals surface area (Å²) in [7, 11) is -4.83. The number of aliphatic carboxylic acids is 1. The Bertz CT molecular complexity index is 4630. The molecule has 34 nitrogen and oxygen atoms in total. The number of primary amides is 1. The summed E-state index contributed by atoms with van der Waals surface area (Å²) >= 11 is 14.4. The number of amides is 5. The zero-order valence-corrected chi connectivity index (χ0v) is 70.3. The molecule has 0 aromatic heterocycles. The number of unbranched alkanes of at least 4 members (excludes halogenated alkanes) is 10. The largest absolute Gasteiger partial charge is 0.507 e. The normalized spacial score (nSPS) is 26.8. The van der Waals surface area contributed by atoms with Crippen molar-refractivity contribution in [3.63, 3.8) is 0 Å². The highest BCUT2D eigenvalue weighted by Gasteiger charge is 2.52. The number of aliphatic hydroxyl groups is 6. The van der Waals surface area contributed by atoms with E-state index in [9.17, 15) is 79.8 Å². The third-order valence-electron chi connectivity index (χ3n) is 22.8. The number of ketones is 2. The first kappa shape index (κ1) is 94.6. The molecule has 11 bridgehead atoms. The van der Waals surface area contributed by atoms with Crippen molar-refractivity contribution in [3.05, 3.63) is 116 Å². The molecule has 5 aromatic rings. The molecule has 0 saturated carbocycles. The number of halogens is 2. The Hall–Kier alpha value is -8.65. The van der Waals surface area contributed by atoms with Crippen LogP contribution >= 0.6 is 30.8 Å². The Morgan fingerprint density at radius 1 is 0.711 bits per heavy atom. The molecular weight excluding hydrogens is 1640 g/mol. The maximum absolute atomic E-state index is 16.5. The van der Waals surface area contributed by atoms with Crippen LogP contribution in [0.15, 0.2) is 72.8 Å². The molecule has 0 radical (unpaired) electrons. The van der Waals surface area contributed by atoms with Gasteiger partial charge in [0.2, 0.25) is 41.6 Å². The predicted octanol–water partition coefficient (Wildman–Crippen LogP) is 7.69. The second-order valence-electron chi connectivity index (χ2n) is 32.4. The third kappa shape index (κ3) is 23.2. The summed E-state index contributed by atoms with van der Waals surface area (Å²) in [6.45, 7) is 9.81. The summed E-state index contributed by atoms with van der Waals surface area (Å²) in [6.07, 6.45) is -8.71. The number of carboxylic acid groups (broad SMARTS) is 1. The van der Waals surface area contributed by atoms with Crippen LogP contribution in [0.2, 0.25) is 10.0 Å². The lowest BCUT2D eigenvalue weighted by atomic mass is 9.84. The van der Waals surface area contributed by atoms with Gasteiger partial charge in [-0.25, -0.2) is 4.79 Å². The number of Topliss-reactive ketones (excluding diaryl/α,β-unsaturated/α-hetero) is 2. The monoisotopic (exact) mass is 1750 g/mol. The Morgan fingerprint density at radius 2 is 1.32 bits per heavy atom. The van der Waals surface area contributed by atoms with Gasteiger partial charge >= 0.3 is 13.6 Å². The van der Waals surface area contributed by atoms with Crippen molar-refractivity contribution in [3.8, 4) is 57.1 Å². The number of phenols is 3. The number of benzene rings is 5. The fourth-order valence-electron chi connectivity index (χ4n) is 16.1. The number of hydrogen-bond donors (Lipinski definition) is 19. The van der Waals surface area contributed by atoms with E-state index in [1.54, 1.807) is 20.8 Å². The maximum Gasteiger partial charge on any atom is 0.339 e. The first-order valence-electron chi connectivity index (χ1n) is 40.8. The first-order valence-corrected chi connectivity index (χ1v) is 43.4. The second-order valence-corrected chi connectivity index (χ2v) is 34.9. The highest BCUT2D eigenvalue weighted by atomic mass is 35.5. The fraction of sp³-hybridized carbons (Fsp3) is 0.548. The Labute approximate surface area is 709 Å². The van der Waals surface area contributed by atoms with Crippen LogP contribution in [0.1, 0.15) is 214 Å². The fourth-order valence-corrected chi connectivity index (χ4v) is 17.0. The van der Waals surface area contributed by atoms with Crippen LogP contribution in [0.25, 0.3) is 11.1 Å². The smallest absolute Gasteiger partial charge is 0.339 e. The first-order chi connectivity index (χ1) is 57.3. The minimum absolute atomic E-state index is 0.0378. The Morgan fingerprint density at radius 3 is 1.90 bits per heavy atom. The lowest BCUT2D eigenvalue weighted by molar-refractivity contribution is -0.334. The van der Waals surface area contributed by atoms with Gasteiger partial charge in [0, 0.05) is 60.4 Å². The van der Waals surface area contributed by atoms with Gasteiger partial charge in [-0.15, -0.1) is 0 Å². The number of carbonyl (C=O) groups is 8. The summed E-state index contributed by atoms with van der Waals surface area (Å²) in [5.41, 5.74) is 1.14. The number of ether oxygens (including phenoxy) is 6. The average molecular weight is 1750 g/mol. The minimum atomic E-state index is -4.83. The molecule has 2 fully saturated rings. The van der Waals surface area contributed by atoms with Gasteiger partial charge in [0.1, 0.15) is 77.4 Å². The number of hydrogen-bond acceptors (Lipinski definition) is 26. The highest BCUT2D eigenvalue weighted by molar-refractivity contribution is 7.51. The van der Waals surface area contributed by atoms with Gasteiger partial charge in [-0.3, -0.25) is 38.1 Å². The van der Waals surface area contributed by atoms with Gasteiger partial charge in [-0.1, -0.05) is 133 Å². The zero-order chi connectivity index (χ0) is 88.2. The van der Waals surface area contributed by atoms with Crippen molar-refractivity contribution < 1.29 is 132 Å². The van der Waals surface area contributed by atoms with Crippen molar-refractivity contribution in [1.29, 1.82) is 0 Å². The molecule has 7 heterocycles. The van der Waals surface area contributed by atoms with Crippen molar-refractivity contribution in [2.75, 3.05) is 19.4 Å². The van der Waals surface area contributed by atoms with Crippen LogP contribution in [0.3, 0.4) is 0 Å². The molecule has 7 aliphatic rings. The summed E-state index contributed by atoms with van der Waals surface area (Å²) in [5.74, 6) is -20.1. The van der Waals surface area contributed by atoms with E-state index in [1.807, 2.05) is 13.8 Å². The molecule has 0 spiro atoms. The minimum Gasteiger partial charge on any atom is -0.507 e. The predicted molar refractivity (Wildman–Crippen MR) is 437 cm³/mol. The Kier molecular flexibility index (Phi) is 32.6. The van der Waals surface area contributed by atoms with Gasteiger partial charge in [0.25, 0.3) is 0 Å². The number of carboxylic acids is 1. The second kappa shape index (κ2) is 41.7. The number of carbonyl (C=O) groups excluding carboxylic acids is 7. The van der Waals surface area contributed by atoms with E-state index in [4.69, 9.17) is 57.4 Å². The quantitative estimate of drug-likeness (QED) is 0.0155. The van der Waals surface area contributed by atoms with Crippen LogP contribution in [0, 0.1) is 17.8 Å². The lowest BCUT2D eigenvalue weighted by Crippen LogP contribution is -2.65. The van der Waals surface area contributed by atoms with Crippen molar-refractivity contribution >= 4 is 77.9 Å². The van der Waals surface area contributed by atoms with E-state index in [2.05, 4.69) is 38.8 Å². The average Bonchev–Trinajstić information content (AvgIpc) is 0.780. The molecule has 37 heteroatoms. The molecule has 7 aliphatic heterocycles. The highest BCUT2D eigenvalue weighted by Crippen LogP contribution is 2.52. The van der Waals surface area contributed by atoms with Gasteiger partial charge in [-0.05, 0) is 122 Å². The molecule has 2 saturated heterocycles. The maximum atomic E-state index is 16.5. The number of nitrogens with two attached hydrogens (primary N) is 1. The standard InChI is InChI=1S/C84H110Cl2N7O27P/c1-7-9-10-11-12-13-14-15-16-17-18-25-89-84(6)36-64(115-41(5)77(84)105)119-76-74(104)73(103)62(38-94)118-83(76)120-75-60-31-46-32-61(75)117-59-24-21-45(29-53(59)86)71(101)69-81(109)91-67(82(110)111)50-35-55(96)51(37-88-39-121(112,113)114)72(102)65(50)49-27-43(19-22-54(49)95)48(80(108)93-69)34-57(98)66(46)90-79(107)47(33-63(87)99)30-56(97)68(92-78(106)42(8-2)26-40(3)4)70(100)44-20-23-58(116-60)52(85)28-44/h19-24,27-29,31-32,35,40-42,47-48,62,64,66-71,73-74,76-77,83,88-89,94-96,100-105H,7-18,25-26,30,33-34,36-39H2,1-6H3,(H2,87,99)(H,90,107)(H,91,109)(H,92,106)(H,93,108)(H,110,111)(H2,112,113,114)/t41-,42+,47-,48?,62+,64-,66+,67-,68-,69-,70+,71+,73+,74-,76+,77+,83-,84-/m0/s1. The molecule has 121 heavy (non-hydrogen) atoms. The van der Waals surface area contributed by atoms with E-state index >= 15 is 24.0 Å². The summed E-state index contributed by atoms with van der Waals surface area (Å²) in [5, 5.41) is 134. The number of aliphatic hydroxyl groups excluding tert-OH is 6. The van der Waals surface area contributed by atoms with Crippen LogP contribution in [-0.2, 0) is 63.7 Å². The molecule has 12 rings (SSSR count). The summed E-state index contributed by atoms with van der Waals surface area (Å²) in [4.78, 5) is 139. The zero-order valence-electron chi connectivity index (χ0n) is 67.9. The molecule has 18 atom stereocenters.